The van der Waals surface area contributed by atoms with Gasteiger partial charge >= 0.3 is 0 Å². The summed E-state index contributed by atoms with van der Waals surface area (Å²) in [7, 11) is 1.62. The van der Waals surface area contributed by atoms with E-state index in [9.17, 15) is 9.90 Å². The molecule has 0 unspecified atom stereocenters. The molecule has 1 aliphatic carbocycles. The molecule has 0 aliphatic heterocycles. The number of carbonyl (C=O) groups excluding carboxylic acids is 1. The fraction of sp³-hybridized carbons (Fsp3) is 0.500. The Bertz CT molecular complexity index is 459. The molecule has 1 fully saturated rings. The van der Waals surface area contributed by atoms with E-state index >= 15 is 0 Å². The van der Waals surface area contributed by atoms with Crippen LogP contribution in [0.3, 0.4) is 0 Å². The Morgan fingerprint density at radius 2 is 2.00 bits per heavy atom. The van der Waals surface area contributed by atoms with Crippen LogP contribution in [0.15, 0.2) is 12.1 Å². The minimum atomic E-state index is -0.494. The summed E-state index contributed by atoms with van der Waals surface area (Å²) in [6.07, 6.45) is 1.60. The second kappa shape index (κ2) is 4.15. The molecule has 3 nitrogen and oxygen atoms in total. The lowest BCUT2D eigenvalue weighted by atomic mass is 9.91. The number of aliphatic hydroxyl groups excluding tert-OH is 1. The molecule has 0 bridgehead atoms. The summed E-state index contributed by atoms with van der Waals surface area (Å²) in [4.78, 5) is 12.3. The van der Waals surface area contributed by atoms with Crippen molar-refractivity contribution in [3.63, 3.8) is 0 Å². The first-order valence-corrected chi connectivity index (χ1v) is 5.85. The largest absolute Gasteiger partial charge is 0.496 e. The van der Waals surface area contributed by atoms with Crippen LogP contribution in [0.4, 0.5) is 0 Å². The minimum absolute atomic E-state index is 0.0453. The van der Waals surface area contributed by atoms with Gasteiger partial charge in [0.25, 0.3) is 0 Å². The van der Waals surface area contributed by atoms with Crippen molar-refractivity contribution in [2.24, 2.45) is 5.41 Å². The second-order valence-corrected chi connectivity index (χ2v) is 4.90. The number of hydrogen-bond acceptors (Lipinski definition) is 3. The molecule has 17 heavy (non-hydrogen) atoms. The van der Waals surface area contributed by atoms with Crippen molar-refractivity contribution < 1.29 is 14.6 Å². The van der Waals surface area contributed by atoms with Crippen LogP contribution in [0.2, 0.25) is 0 Å². The highest BCUT2D eigenvalue weighted by molar-refractivity contribution is 6.03. The molecule has 1 aromatic carbocycles. The van der Waals surface area contributed by atoms with Crippen LogP contribution >= 0.6 is 0 Å². The van der Waals surface area contributed by atoms with Crippen molar-refractivity contribution >= 4 is 5.78 Å². The fourth-order valence-electron chi connectivity index (χ4n) is 2.15. The van der Waals surface area contributed by atoms with E-state index in [1.165, 1.54) is 0 Å². The van der Waals surface area contributed by atoms with Crippen molar-refractivity contribution in [3.05, 3.63) is 28.8 Å². The quantitative estimate of drug-likeness (QED) is 0.813. The Kier molecular flexibility index (Phi) is 2.96. The predicted octanol–water partition coefficient (Wildman–Crippen LogP) is 2.27. The molecule has 0 amide bonds. The van der Waals surface area contributed by atoms with Crippen LogP contribution < -0.4 is 4.74 Å². The van der Waals surface area contributed by atoms with Crippen LogP contribution in [-0.2, 0) is 0 Å². The predicted molar refractivity (Wildman–Crippen MR) is 65.6 cm³/mol. The lowest BCUT2D eigenvalue weighted by molar-refractivity contribution is 0.0829. The Morgan fingerprint density at radius 3 is 2.47 bits per heavy atom. The molecule has 2 rings (SSSR count). The van der Waals surface area contributed by atoms with Crippen LogP contribution in [0.25, 0.3) is 0 Å². The van der Waals surface area contributed by atoms with Gasteiger partial charge in [-0.15, -0.1) is 0 Å². The number of aryl methyl sites for hydroxylation is 2. The number of ketones is 1. The van der Waals surface area contributed by atoms with E-state index < -0.39 is 5.41 Å². The molecule has 3 heteroatoms. The molecule has 0 heterocycles. The van der Waals surface area contributed by atoms with Gasteiger partial charge in [0.2, 0.25) is 0 Å². The molecule has 1 aliphatic rings. The van der Waals surface area contributed by atoms with Crippen LogP contribution in [-0.4, -0.2) is 24.6 Å². The Balaban J connectivity index is 2.40. The van der Waals surface area contributed by atoms with E-state index in [1.54, 1.807) is 7.11 Å². The zero-order valence-electron chi connectivity index (χ0n) is 10.5. The average Bonchev–Trinajstić information content (AvgIpc) is 3.11. The van der Waals surface area contributed by atoms with Crippen LogP contribution in [0.5, 0.6) is 5.75 Å². The molecule has 0 radical (unpaired) electrons. The van der Waals surface area contributed by atoms with Gasteiger partial charge in [-0.2, -0.15) is 0 Å². The van der Waals surface area contributed by atoms with E-state index in [0.29, 0.717) is 0 Å². The summed E-state index contributed by atoms with van der Waals surface area (Å²) in [5.41, 5.74) is 2.09. The number of benzene rings is 1. The monoisotopic (exact) mass is 234 g/mol. The third-order valence-corrected chi connectivity index (χ3v) is 3.62. The molecule has 1 aromatic rings. The van der Waals surface area contributed by atoms with Crippen molar-refractivity contribution in [2.45, 2.75) is 26.7 Å². The van der Waals surface area contributed by atoms with Gasteiger partial charge in [-0.3, -0.25) is 4.79 Å². The molecule has 0 spiro atoms. The standard InChI is InChI=1S/C14H18O3/c1-9-7-12(17-3)10(2)6-11(9)13(16)14(8-15)4-5-14/h6-7,15H,4-5,8H2,1-3H3. The van der Waals surface area contributed by atoms with Crippen molar-refractivity contribution in [1.29, 1.82) is 0 Å². The minimum Gasteiger partial charge on any atom is -0.496 e. The number of ether oxygens (including phenoxy) is 1. The van der Waals surface area contributed by atoms with E-state index in [-0.39, 0.29) is 12.4 Å². The van der Waals surface area contributed by atoms with E-state index in [4.69, 9.17) is 4.74 Å². The van der Waals surface area contributed by atoms with E-state index in [1.807, 2.05) is 26.0 Å². The normalized spacial score (nSPS) is 16.7. The lowest BCUT2D eigenvalue weighted by Gasteiger charge is -2.15. The molecular formula is C14H18O3. The highest BCUT2D eigenvalue weighted by atomic mass is 16.5. The summed E-state index contributed by atoms with van der Waals surface area (Å²) < 4.78 is 5.23. The molecule has 0 saturated heterocycles. The summed E-state index contributed by atoms with van der Waals surface area (Å²) >= 11 is 0. The van der Waals surface area contributed by atoms with E-state index in [0.717, 1.165) is 35.3 Å². The number of rotatable bonds is 4. The van der Waals surface area contributed by atoms with Gasteiger partial charge < -0.3 is 9.84 Å². The summed E-state index contributed by atoms with van der Waals surface area (Å²) in [6, 6.07) is 3.75. The molecule has 1 N–H and O–H groups in total. The Hall–Kier alpha value is -1.35. The second-order valence-electron chi connectivity index (χ2n) is 4.90. The van der Waals surface area contributed by atoms with Gasteiger partial charge in [-0.05, 0) is 49.9 Å². The SMILES string of the molecule is COc1cc(C)c(C(=O)C2(CO)CC2)cc1C. The van der Waals surface area contributed by atoms with Crippen molar-refractivity contribution in [3.8, 4) is 5.75 Å². The Morgan fingerprint density at radius 1 is 1.35 bits per heavy atom. The van der Waals surface area contributed by atoms with Crippen LogP contribution in [0, 0.1) is 19.3 Å². The lowest BCUT2D eigenvalue weighted by Crippen LogP contribution is -2.21. The molecule has 92 valence electrons. The fourth-order valence-corrected chi connectivity index (χ4v) is 2.15. The maximum Gasteiger partial charge on any atom is 0.171 e. The van der Waals surface area contributed by atoms with Gasteiger partial charge in [0, 0.05) is 5.56 Å². The zero-order valence-corrected chi connectivity index (χ0v) is 10.5. The Labute approximate surface area is 101 Å². The molecule has 1 saturated carbocycles. The van der Waals surface area contributed by atoms with Crippen LogP contribution in [0.1, 0.15) is 34.3 Å². The molecule has 0 atom stereocenters. The number of Topliss-reactive ketones (excluding diaryl/α,β-unsaturated/α-hetero) is 1. The number of aliphatic hydroxyl groups is 1. The van der Waals surface area contributed by atoms with Gasteiger partial charge in [0.05, 0.1) is 19.1 Å². The number of methoxy groups -OCH3 is 1. The van der Waals surface area contributed by atoms with Gasteiger partial charge in [0.15, 0.2) is 5.78 Å². The first-order chi connectivity index (χ1) is 8.04. The topological polar surface area (TPSA) is 46.5 Å². The van der Waals surface area contributed by atoms with Gasteiger partial charge in [0.1, 0.15) is 5.75 Å². The third-order valence-electron chi connectivity index (χ3n) is 3.62. The number of carbonyl (C=O) groups is 1. The number of hydrogen-bond donors (Lipinski definition) is 1. The maximum atomic E-state index is 12.3. The first kappa shape index (κ1) is 12.1. The molecule has 0 aromatic heterocycles. The zero-order chi connectivity index (χ0) is 12.6. The highest BCUT2D eigenvalue weighted by Crippen LogP contribution is 2.48. The third kappa shape index (κ3) is 1.95. The first-order valence-electron chi connectivity index (χ1n) is 5.85. The van der Waals surface area contributed by atoms with E-state index in [2.05, 4.69) is 0 Å². The van der Waals surface area contributed by atoms with Gasteiger partial charge in [-0.1, -0.05) is 0 Å². The summed E-state index contributed by atoms with van der Waals surface area (Å²) in [6.45, 7) is 3.78. The van der Waals surface area contributed by atoms with Crippen molar-refractivity contribution in [2.75, 3.05) is 13.7 Å². The summed E-state index contributed by atoms with van der Waals surface area (Å²) in [5.74, 6) is 0.871. The summed E-state index contributed by atoms with van der Waals surface area (Å²) in [5, 5.41) is 9.30. The maximum absolute atomic E-state index is 12.3. The smallest absolute Gasteiger partial charge is 0.171 e. The average molecular weight is 234 g/mol. The molecular weight excluding hydrogens is 216 g/mol. The van der Waals surface area contributed by atoms with Gasteiger partial charge in [-0.25, -0.2) is 0 Å². The van der Waals surface area contributed by atoms with Crippen molar-refractivity contribution in [1.82, 2.24) is 0 Å². The highest BCUT2D eigenvalue weighted by Gasteiger charge is 2.49.